The smallest absolute Gasteiger partial charge is 0.257 e. The Bertz CT molecular complexity index is 456. The van der Waals surface area contributed by atoms with Gasteiger partial charge in [0, 0.05) is 0 Å². The van der Waals surface area contributed by atoms with Gasteiger partial charge in [0.1, 0.15) is 10.3 Å². The van der Waals surface area contributed by atoms with Gasteiger partial charge in [0.25, 0.3) is 5.88 Å². The SMILES string of the molecule is COc1nc2cc(Cl)sc2nc1N. The van der Waals surface area contributed by atoms with Crippen LogP contribution >= 0.6 is 22.9 Å². The number of nitrogen functional groups attached to an aromatic ring is 1. The average molecular weight is 216 g/mol. The molecule has 0 aromatic carbocycles. The highest BCUT2D eigenvalue weighted by atomic mass is 35.5. The lowest BCUT2D eigenvalue weighted by Gasteiger charge is -2.00. The molecule has 0 amide bonds. The molecule has 0 spiro atoms. The van der Waals surface area contributed by atoms with Gasteiger partial charge in [-0.2, -0.15) is 0 Å². The Morgan fingerprint density at radius 1 is 1.54 bits per heavy atom. The van der Waals surface area contributed by atoms with Gasteiger partial charge in [-0.25, -0.2) is 9.97 Å². The molecule has 0 bridgehead atoms. The Kier molecular flexibility index (Phi) is 1.97. The molecule has 0 fully saturated rings. The van der Waals surface area contributed by atoms with Crippen molar-refractivity contribution in [2.45, 2.75) is 0 Å². The zero-order valence-corrected chi connectivity index (χ0v) is 8.32. The molecule has 0 radical (unpaired) electrons. The van der Waals surface area contributed by atoms with E-state index in [-0.39, 0.29) is 5.82 Å². The van der Waals surface area contributed by atoms with E-state index in [1.165, 1.54) is 18.4 Å². The molecule has 6 heteroatoms. The van der Waals surface area contributed by atoms with Crippen LogP contribution in [0.25, 0.3) is 10.3 Å². The fraction of sp³-hybridized carbons (Fsp3) is 0.143. The number of ether oxygens (including phenoxy) is 1. The predicted molar refractivity (Wildman–Crippen MR) is 53.4 cm³/mol. The minimum atomic E-state index is 0.286. The maximum atomic E-state index is 5.79. The lowest BCUT2D eigenvalue weighted by atomic mass is 10.5. The first-order chi connectivity index (χ1) is 6.20. The second-order valence-corrected chi connectivity index (χ2v) is 4.02. The zero-order valence-electron chi connectivity index (χ0n) is 6.74. The van der Waals surface area contributed by atoms with Gasteiger partial charge in [-0.05, 0) is 6.07 Å². The van der Waals surface area contributed by atoms with E-state index in [0.29, 0.717) is 15.7 Å². The molecule has 2 heterocycles. The van der Waals surface area contributed by atoms with Crippen LogP contribution < -0.4 is 10.5 Å². The summed E-state index contributed by atoms with van der Waals surface area (Å²) in [6.07, 6.45) is 0. The van der Waals surface area contributed by atoms with E-state index in [2.05, 4.69) is 9.97 Å². The van der Waals surface area contributed by atoms with Crippen molar-refractivity contribution in [3.63, 3.8) is 0 Å². The second kappa shape index (κ2) is 3.01. The van der Waals surface area contributed by atoms with Crippen molar-refractivity contribution in [1.82, 2.24) is 9.97 Å². The third kappa shape index (κ3) is 1.40. The van der Waals surface area contributed by atoms with E-state index in [4.69, 9.17) is 22.1 Å². The number of thiophene rings is 1. The van der Waals surface area contributed by atoms with Gasteiger partial charge in [0.15, 0.2) is 5.82 Å². The van der Waals surface area contributed by atoms with Gasteiger partial charge in [0.2, 0.25) is 0 Å². The monoisotopic (exact) mass is 215 g/mol. The normalized spacial score (nSPS) is 10.6. The van der Waals surface area contributed by atoms with Crippen molar-refractivity contribution >= 4 is 39.1 Å². The molecule has 0 atom stereocenters. The van der Waals surface area contributed by atoms with Crippen LogP contribution in [0.4, 0.5) is 5.82 Å². The fourth-order valence-corrected chi connectivity index (χ4v) is 2.01. The summed E-state index contributed by atoms with van der Waals surface area (Å²) in [5.74, 6) is 0.621. The third-order valence-electron chi connectivity index (χ3n) is 1.52. The maximum absolute atomic E-state index is 5.79. The molecule has 0 aliphatic rings. The largest absolute Gasteiger partial charge is 0.478 e. The van der Waals surface area contributed by atoms with Crippen molar-refractivity contribution in [2.75, 3.05) is 12.8 Å². The number of nitrogens with zero attached hydrogens (tertiary/aromatic N) is 2. The van der Waals surface area contributed by atoms with Crippen molar-refractivity contribution in [1.29, 1.82) is 0 Å². The molecule has 2 aromatic rings. The van der Waals surface area contributed by atoms with E-state index >= 15 is 0 Å². The van der Waals surface area contributed by atoms with E-state index in [9.17, 15) is 0 Å². The summed E-state index contributed by atoms with van der Waals surface area (Å²) in [6, 6.07) is 1.73. The Labute approximate surface area is 83.3 Å². The summed E-state index contributed by atoms with van der Waals surface area (Å²) < 4.78 is 5.57. The first kappa shape index (κ1) is 8.52. The minimum Gasteiger partial charge on any atom is -0.478 e. The molecule has 0 saturated heterocycles. The summed E-state index contributed by atoms with van der Waals surface area (Å²) in [4.78, 5) is 8.95. The molecule has 0 aliphatic heterocycles. The average Bonchev–Trinajstić information content (AvgIpc) is 2.42. The number of hydrogen-bond donors (Lipinski definition) is 1. The number of aromatic nitrogens is 2. The molecule has 2 rings (SSSR count). The Hall–Kier alpha value is -1.07. The first-order valence-electron chi connectivity index (χ1n) is 3.47. The predicted octanol–water partition coefficient (Wildman–Crippen LogP) is 1.94. The highest BCUT2D eigenvalue weighted by molar-refractivity contribution is 7.22. The summed E-state index contributed by atoms with van der Waals surface area (Å²) in [6.45, 7) is 0. The number of fused-ring (bicyclic) bond motifs is 1. The molecule has 0 unspecified atom stereocenters. The van der Waals surface area contributed by atoms with Gasteiger partial charge in [-0.3, -0.25) is 0 Å². The first-order valence-corrected chi connectivity index (χ1v) is 4.66. The molecule has 13 heavy (non-hydrogen) atoms. The molecule has 2 N–H and O–H groups in total. The summed E-state index contributed by atoms with van der Waals surface area (Å²) >= 11 is 7.13. The van der Waals surface area contributed by atoms with Gasteiger partial charge < -0.3 is 10.5 Å². The van der Waals surface area contributed by atoms with E-state index < -0.39 is 0 Å². The van der Waals surface area contributed by atoms with Crippen LogP contribution in [-0.4, -0.2) is 17.1 Å². The number of rotatable bonds is 1. The Morgan fingerprint density at radius 2 is 2.31 bits per heavy atom. The second-order valence-electron chi connectivity index (χ2n) is 2.36. The molecule has 0 saturated carbocycles. The summed E-state index contributed by atoms with van der Waals surface area (Å²) in [7, 11) is 1.50. The Balaban J connectivity index is 2.72. The summed E-state index contributed by atoms with van der Waals surface area (Å²) in [5.41, 5.74) is 6.28. The minimum absolute atomic E-state index is 0.286. The number of hydrogen-bond acceptors (Lipinski definition) is 5. The van der Waals surface area contributed by atoms with Crippen LogP contribution in [0.5, 0.6) is 5.88 Å². The van der Waals surface area contributed by atoms with Crippen LogP contribution in [0.15, 0.2) is 6.07 Å². The number of methoxy groups -OCH3 is 1. The number of nitrogens with two attached hydrogens (primary N) is 1. The molecule has 0 aliphatic carbocycles. The standard InChI is InChI=1S/C7H6ClN3OS/c1-12-6-5(9)11-7-3(10-6)2-4(8)13-7/h2H,1H3,(H2,9,11). The van der Waals surface area contributed by atoms with Crippen molar-refractivity contribution in [3.8, 4) is 5.88 Å². The molecular weight excluding hydrogens is 210 g/mol. The third-order valence-corrected chi connectivity index (χ3v) is 2.67. The molecular formula is C7H6ClN3OS. The lowest BCUT2D eigenvalue weighted by molar-refractivity contribution is 0.400. The fourth-order valence-electron chi connectivity index (χ4n) is 0.978. The van der Waals surface area contributed by atoms with Crippen LogP contribution in [-0.2, 0) is 0 Å². The van der Waals surface area contributed by atoms with Gasteiger partial charge in [-0.15, -0.1) is 11.3 Å². The molecule has 4 nitrogen and oxygen atoms in total. The van der Waals surface area contributed by atoms with Gasteiger partial charge in [-0.1, -0.05) is 11.6 Å². The van der Waals surface area contributed by atoms with Crippen molar-refractivity contribution in [2.24, 2.45) is 0 Å². The van der Waals surface area contributed by atoms with Gasteiger partial charge in [0.05, 0.1) is 11.4 Å². The lowest BCUT2D eigenvalue weighted by Crippen LogP contribution is -1.97. The number of halogens is 1. The molecule has 68 valence electrons. The van der Waals surface area contributed by atoms with Crippen molar-refractivity contribution in [3.05, 3.63) is 10.4 Å². The zero-order chi connectivity index (χ0) is 9.42. The van der Waals surface area contributed by atoms with Gasteiger partial charge >= 0.3 is 0 Å². The van der Waals surface area contributed by atoms with Crippen molar-refractivity contribution < 1.29 is 4.74 Å². The summed E-state index contributed by atoms with van der Waals surface area (Å²) in [5, 5.41) is 0. The number of anilines is 1. The van der Waals surface area contributed by atoms with E-state index in [1.807, 2.05) is 0 Å². The van der Waals surface area contributed by atoms with Crippen LogP contribution in [0.2, 0.25) is 4.34 Å². The topological polar surface area (TPSA) is 61.0 Å². The van der Waals surface area contributed by atoms with Crippen LogP contribution in [0, 0.1) is 0 Å². The van der Waals surface area contributed by atoms with E-state index in [0.717, 1.165) is 4.83 Å². The van der Waals surface area contributed by atoms with E-state index in [1.54, 1.807) is 6.07 Å². The van der Waals surface area contributed by atoms with Crippen LogP contribution in [0.1, 0.15) is 0 Å². The highest BCUT2D eigenvalue weighted by Gasteiger charge is 2.08. The molecule has 2 aromatic heterocycles. The van der Waals surface area contributed by atoms with Crippen LogP contribution in [0.3, 0.4) is 0 Å². The Morgan fingerprint density at radius 3 is 3.00 bits per heavy atom. The highest BCUT2D eigenvalue weighted by Crippen LogP contribution is 2.29. The quantitative estimate of drug-likeness (QED) is 0.790. The maximum Gasteiger partial charge on any atom is 0.257 e.